The third kappa shape index (κ3) is 2.88. The van der Waals surface area contributed by atoms with Gasteiger partial charge in [-0.05, 0) is 26.0 Å². The van der Waals surface area contributed by atoms with Crippen molar-refractivity contribution in [1.82, 2.24) is 10.3 Å². The number of hydrogen-bond acceptors (Lipinski definition) is 4. The quantitative estimate of drug-likeness (QED) is 0.855. The molecule has 2 rings (SSSR count). The van der Waals surface area contributed by atoms with E-state index in [9.17, 15) is 0 Å². The summed E-state index contributed by atoms with van der Waals surface area (Å²) in [5.41, 5.74) is 1.29. The van der Waals surface area contributed by atoms with Gasteiger partial charge in [-0.1, -0.05) is 0 Å². The van der Waals surface area contributed by atoms with Crippen molar-refractivity contribution in [2.75, 3.05) is 44.0 Å². The minimum absolute atomic E-state index is 0.682. The highest BCUT2D eigenvalue weighted by molar-refractivity contribution is 5.54. The maximum absolute atomic E-state index is 4.35. The smallest absolute Gasteiger partial charge is 0.130 e. The van der Waals surface area contributed by atoms with E-state index in [0.717, 1.165) is 18.9 Å². The molecule has 4 nitrogen and oxygen atoms in total. The molecule has 1 aromatic rings. The van der Waals surface area contributed by atoms with Gasteiger partial charge in [0, 0.05) is 51.2 Å². The van der Waals surface area contributed by atoms with E-state index in [2.05, 4.69) is 34.4 Å². The van der Waals surface area contributed by atoms with Gasteiger partial charge in [0.25, 0.3) is 0 Å². The molecular weight excluding hydrogens is 212 g/mol. The lowest BCUT2D eigenvalue weighted by Crippen LogP contribution is -2.41. The van der Waals surface area contributed by atoms with Gasteiger partial charge in [0.1, 0.15) is 5.82 Å². The van der Waals surface area contributed by atoms with Gasteiger partial charge in [0.15, 0.2) is 0 Å². The van der Waals surface area contributed by atoms with Crippen LogP contribution in [0.15, 0.2) is 18.3 Å². The number of nitrogens with zero attached hydrogens (tertiary/aromatic N) is 3. The fraction of sp³-hybridized carbons (Fsp3) is 0.615. The molecule has 1 aliphatic rings. The minimum atomic E-state index is 0.682. The molecule has 17 heavy (non-hydrogen) atoms. The highest BCUT2D eigenvalue weighted by atomic mass is 15.2. The number of pyridine rings is 1. The number of aromatic nitrogens is 1. The van der Waals surface area contributed by atoms with Crippen molar-refractivity contribution in [1.29, 1.82) is 0 Å². The zero-order chi connectivity index (χ0) is 12.3. The Morgan fingerprint density at radius 2 is 2.06 bits per heavy atom. The van der Waals surface area contributed by atoms with Crippen molar-refractivity contribution in [3.05, 3.63) is 18.3 Å². The Balaban J connectivity index is 2.05. The summed E-state index contributed by atoms with van der Waals surface area (Å²) in [7, 11) is 6.11. The standard InChI is InChI=1S/C13H22N4/c1-14-11-5-8-17(9-6-11)12-4-7-15-13(10-12)16(2)3/h4,7,10-11,14H,5-6,8-9H2,1-3H3. The topological polar surface area (TPSA) is 31.4 Å². The Morgan fingerprint density at radius 1 is 1.35 bits per heavy atom. The molecule has 0 bridgehead atoms. The van der Waals surface area contributed by atoms with Crippen LogP contribution >= 0.6 is 0 Å². The molecule has 1 aliphatic heterocycles. The van der Waals surface area contributed by atoms with Crippen molar-refractivity contribution >= 4 is 11.5 Å². The van der Waals surface area contributed by atoms with Crippen LogP contribution in [-0.2, 0) is 0 Å². The summed E-state index contributed by atoms with van der Waals surface area (Å²) in [6, 6.07) is 4.95. The second kappa shape index (κ2) is 5.36. The SMILES string of the molecule is CNC1CCN(c2ccnc(N(C)C)c2)CC1. The molecule has 0 aromatic carbocycles. The van der Waals surface area contributed by atoms with Crippen LogP contribution in [0, 0.1) is 0 Å². The van der Waals surface area contributed by atoms with E-state index >= 15 is 0 Å². The Hall–Kier alpha value is -1.29. The normalized spacial score (nSPS) is 17.2. The summed E-state index contributed by atoms with van der Waals surface area (Å²) in [4.78, 5) is 8.84. The van der Waals surface area contributed by atoms with Gasteiger partial charge in [-0.2, -0.15) is 0 Å². The molecule has 0 radical (unpaired) electrons. The molecule has 1 N–H and O–H groups in total. The second-order valence-corrected chi connectivity index (χ2v) is 4.82. The largest absolute Gasteiger partial charge is 0.371 e. The first-order chi connectivity index (χ1) is 8.20. The molecule has 1 fully saturated rings. The number of anilines is 2. The molecule has 94 valence electrons. The first kappa shape index (κ1) is 12.2. The van der Waals surface area contributed by atoms with E-state index in [1.807, 2.05) is 25.2 Å². The van der Waals surface area contributed by atoms with E-state index in [1.54, 1.807) is 0 Å². The molecule has 4 heteroatoms. The average Bonchev–Trinajstić information content (AvgIpc) is 2.39. The summed E-state index contributed by atoms with van der Waals surface area (Å²) < 4.78 is 0. The maximum Gasteiger partial charge on any atom is 0.130 e. The fourth-order valence-corrected chi connectivity index (χ4v) is 2.28. The van der Waals surface area contributed by atoms with Crippen molar-refractivity contribution in [3.8, 4) is 0 Å². The van der Waals surface area contributed by atoms with E-state index < -0.39 is 0 Å². The molecule has 0 spiro atoms. The number of piperidine rings is 1. The molecule has 0 aliphatic carbocycles. The molecule has 1 aromatic heterocycles. The van der Waals surface area contributed by atoms with Crippen molar-refractivity contribution in [2.24, 2.45) is 0 Å². The van der Waals surface area contributed by atoms with Crippen LogP contribution in [0.25, 0.3) is 0 Å². The van der Waals surface area contributed by atoms with Crippen molar-refractivity contribution < 1.29 is 0 Å². The van der Waals surface area contributed by atoms with E-state index in [-0.39, 0.29) is 0 Å². The Kier molecular flexibility index (Phi) is 3.84. The van der Waals surface area contributed by atoms with Crippen LogP contribution in [0.4, 0.5) is 11.5 Å². The zero-order valence-electron chi connectivity index (χ0n) is 11.0. The lowest BCUT2D eigenvalue weighted by atomic mass is 10.0. The van der Waals surface area contributed by atoms with E-state index in [1.165, 1.54) is 18.5 Å². The highest BCUT2D eigenvalue weighted by Crippen LogP contribution is 2.22. The third-order valence-corrected chi connectivity index (χ3v) is 3.46. The summed E-state index contributed by atoms with van der Waals surface area (Å²) in [5.74, 6) is 1.03. The molecule has 0 atom stereocenters. The van der Waals surface area contributed by atoms with Gasteiger partial charge in [-0.15, -0.1) is 0 Å². The van der Waals surface area contributed by atoms with Crippen LogP contribution in [0.2, 0.25) is 0 Å². The third-order valence-electron chi connectivity index (χ3n) is 3.46. The molecule has 1 saturated heterocycles. The molecule has 0 amide bonds. The van der Waals surface area contributed by atoms with Gasteiger partial charge in [-0.25, -0.2) is 4.98 Å². The predicted octanol–water partition coefficient (Wildman–Crippen LogP) is 1.34. The maximum atomic E-state index is 4.35. The summed E-state index contributed by atoms with van der Waals surface area (Å²) >= 11 is 0. The molecule has 2 heterocycles. The molecule has 0 saturated carbocycles. The monoisotopic (exact) mass is 234 g/mol. The van der Waals surface area contributed by atoms with E-state index in [4.69, 9.17) is 0 Å². The van der Waals surface area contributed by atoms with Gasteiger partial charge in [-0.3, -0.25) is 0 Å². The number of hydrogen-bond donors (Lipinski definition) is 1. The summed E-state index contributed by atoms with van der Waals surface area (Å²) in [6.07, 6.45) is 4.33. The average molecular weight is 234 g/mol. The number of rotatable bonds is 3. The zero-order valence-corrected chi connectivity index (χ0v) is 11.0. The minimum Gasteiger partial charge on any atom is -0.371 e. The van der Waals surface area contributed by atoms with Crippen LogP contribution in [0.5, 0.6) is 0 Å². The predicted molar refractivity (Wildman–Crippen MR) is 72.9 cm³/mol. The lowest BCUT2D eigenvalue weighted by molar-refractivity contribution is 0.442. The Labute approximate surface area is 104 Å². The van der Waals surface area contributed by atoms with Gasteiger partial charge >= 0.3 is 0 Å². The molecular formula is C13H22N4. The van der Waals surface area contributed by atoms with Crippen molar-refractivity contribution in [3.63, 3.8) is 0 Å². The van der Waals surface area contributed by atoms with Crippen LogP contribution in [0.1, 0.15) is 12.8 Å². The number of nitrogens with one attached hydrogen (secondary N) is 1. The Bertz CT molecular complexity index is 356. The first-order valence-corrected chi connectivity index (χ1v) is 6.26. The molecule has 0 unspecified atom stereocenters. The van der Waals surface area contributed by atoms with Crippen LogP contribution < -0.4 is 15.1 Å². The van der Waals surface area contributed by atoms with Gasteiger partial charge < -0.3 is 15.1 Å². The van der Waals surface area contributed by atoms with Crippen LogP contribution in [-0.4, -0.2) is 45.3 Å². The first-order valence-electron chi connectivity index (χ1n) is 6.26. The second-order valence-electron chi connectivity index (χ2n) is 4.82. The fourth-order valence-electron chi connectivity index (χ4n) is 2.28. The highest BCUT2D eigenvalue weighted by Gasteiger charge is 2.18. The van der Waals surface area contributed by atoms with Crippen molar-refractivity contribution in [2.45, 2.75) is 18.9 Å². The lowest BCUT2D eigenvalue weighted by Gasteiger charge is -2.33. The van der Waals surface area contributed by atoms with Crippen LogP contribution in [0.3, 0.4) is 0 Å². The van der Waals surface area contributed by atoms with E-state index in [0.29, 0.717) is 6.04 Å². The summed E-state index contributed by atoms with van der Waals surface area (Å²) in [6.45, 7) is 2.25. The Morgan fingerprint density at radius 3 is 2.65 bits per heavy atom. The summed E-state index contributed by atoms with van der Waals surface area (Å²) in [5, 5.41) is 3.36. The van der Waals surface area contributed by atoms with Gasteiger partial charge in [0.05, 0.1) is 0 Å². The van der Waals surface area contributed by atoms with Gasteiger partial charge in [0.2, 0.25) is 0 Å².